The zero-order valence-corrected chi connectivity index (χ0v) is 10.9. The molecule has 0 aliphatic rings. The SMILES string of the molecule is CCN[C@@H](Cc1ccccc1)C(=O)NCC(C)=O. The summed E-state index contributed by atoms with van der Waals surface area (Å²) in [6.45, 7) is 4.22. The van der Waals surface area contributed by atoms with Crippen LogP contribution in [0.4, 0.5) is 0 Å². The van der Waals surface area contributed by atoms with Crippen LogP contribution in [0.2, 0.25) is 0 Å². The van der Waals surface area contributed by atoms with Crippen LogP contribution in [0, 0.1) is 0 Å². The highest BCUT2D eigenvalue weighted by Gasteiger charge is 2.17. The minimum Gasteiger partial charge on any atom is -0.348 e. The first-order valence-corrected chi connectivity index (χ1v) is 6.18. The quantitative estimate of drug-likeness (QED) is 0.754. The number of likely N-dealkylation sites (N-methyl/N-ethyl adjacent to an activating group) is 1. The fourth-order valence-corrected chi connectivity index (χ4v) is 1.69. The van der Waals surface area contributed by atoms with Crippen LogP contribution in [-0.4, -0.2) is 30.8 Å². The molecule has 0 aliphatic carbocycles. The number of carbonyl (C=O) groups excluding carboxylic acids is 2. The van der Waals surface area contributed by atoms with Crippen LogP contribution < -0.4 is 10.6 Å². The molecule has 98 valence electrons. The number of Topliss-reactive ketones (excluding diaryl/α,β-unsaturated/α-hetero) is 1. The number of rotatable bonds is 7. The monoisotopic (exact) mass is 248 g/mol. The van der Waals surface area contributed by atoms with Crippen molar-refractivity contribution in [3.8, 4) is 0 Å². The molecule has 0 fully saturated rings. The molecule has 0 heterocycles. The molecule has 1 amide bonds. The fourth-order valence-electron chi connectivity index (χ4n) is 1.69. The van der Waals surface area contributed by atoms with Crippen molar-refractivity contribution >= 4 is 11.7 Å². The molecule has 4 heteroatoms. The lowest BCUT2D eigenvalue weighted by Gasteiger charge is -2.17. The van der Waals surface area contributed by atoms with Gasteiger partial charge in [0.2, 0.25) is 5.91 Å². The van der Waals surface area contributed by atoms with Crippen molar-refractivity contribution in [3.63, 3.8) is 0 Å². The number of hydrogen-bond acceptors (Lipinski definition) is 3. The Bertz CT molecular complexity index is 390. The molecule has 2 N–H and O–H groups in total. The topological polar surface area (TPSA) is 58.2 Å². The minimum absolute atomic E-state index is 0.0432. The van der Waals surface area contributed by atoms with E-state index in [4.69, 9.17) is 0 Å². The third-order valence-corrected chi connectivity index (χ3v) is 2.56. The average molecular weight is 248 g/mol. The van der Waals surface area contributed by atoms with Crippen LogP contribution in [0.3, 0.4) is 0 Å². The third-order valence-electron chi connectivity index (χ3n) is 2.56. The van der Waals surface area contributed by atoms with Gasteiger partial charge in [-0.15, -0.1) is 0 Å². The van der Waals surface area contributed by atoms with Crippen molar-refractivity contribution < 1.29 is 9.59 Å². The molecule has 1 atom stereocenters. The van der Waals surface area contributed by atoms with Crippen molar-refractivity contribution in [2.24, 2.45) is 0 Å². The van der Waals surface area contributed by atoms with Gasteiger partial charge in [-0.25, -0.2) is 0 Å². The van der Waals surface area contributed by atoms with Crippen molar-refractivity contribution in [1.82, 2.24) is 10.6 Å². The van der Waals surface area contributed by atoms with Gasteiger partial charge in [0.1, 0.15) is 5.78 Å². The van der Waals surface area contributed by atoms with E-state index in [1.807, 2.05) is 37.3 Å². The minimum atomic E-state index is -0.295. The van der Waals surface area contributed by atoms with Gasteiger partial charge in [-0.3, -0.25) is 9.59 Å². The Balaban J connectivity index is 2.58. The van der Waals surface area contributed by atoms with E-state index in [1.165, 1.54) is 6.92 Å². The summed E-state index contributed by atoms with van der Waals surface area (Å²) in [4.78, 5) is 22.8. The van der Waals surface area contributed by atoms with Gasteiger partial charge in [0.25, 0.3) is 0 Å². The summed E-state index contributed by atoms with van der Waals surface area (Å²) in [6, 6.07) is 9.53. The maximum absolute atomic E-state index is 11.9. The second-order valence-electron chi connectivity index (χ2n) is 4.22. The highest BCUT2D eigenvalue weighted by Crippen LogP contribution is 2.03. The highest BCUT2D eigenvalue weighted by molar-refractivity contribution is 5.87. The number of benzene rings is 1. The van der Waals surface area contributed by atoms with E-state index in [2.05, 4.69) is 10.6 Å². The van der Waals surface area contributed by atoms with Crippen LogP contribution >= 0.6 is 0 Å². The lowest BCUT2D eigenvalue weighted by Crippen LogP contribution is -2.46. The molecule has 4 nitrogen and oxygen atoms in total. The maximum atomic E-state index is 11.9. The number of nitrogens with one attached hydrogen (secondary N) is 2. The van der Waals surface area contributed by atoms with Crippen LogP contribution in [0.1, 0.15) is 19.4 Å². The summed E-state index contributed by atoms with van der Waals surface area (Å²) < 4.78 is 0. The van der Waals surface area contributed by atoms with E-state index in [9.17, 15) is 9.59 Å². The molecule has 18 heavy (non-hydrogen) atoms. The van der Waals surface area contributed by atoms with Gasteiger partial charge in [-0.2, -0.15) is 0 Å². The molecule has 0 aromatic heterocycles. The van der Waals surface area contributed by atoms with Gasteiger partial charge >= 0.3 is 0 Å². The van der Waals surface area contributed by atoms with E-state index in [0.29, 0.717) is 13.0 Å². The largest absolute Gasteiger partial charge is 0.348 e. The molecule has 1 rings (SSSR count). The fraction of sp³-hybridized carbons (Fsp3) is 0.429. The predicted molar refractivity (Wildman–Crippen MR) is 71.3 cm³/mol. The van der Waals surface area contributed by atoms with Gasteiger partial charge in [0, 0.05) is 0 Å². The zero-order chi connectivity index (χ0) is 13.4. The molecule has 0 aliphatic heterocycles. The van der Waals surface area contributed by atoms with Crippen LogP contribution in [-0.2, 0) is 16.0 Å². The second-order valence-corrected chi connectivity index (χ2v) is 4.22. The second kappa shape index (κ2) is 7.61. The number of amides is 1. The first-order valence-electron chi connectivity index (χ1n) is 6.18. The molecular weight excluding hydrogens is 228 g/mol. The summed E-state index contributed by atoms with van der Waals surface area (Å²) in [5.41, 5.74) is 1.10. The lowest BCUT2D eigenvalue weighted by molar-refractivity contribution is -0.125. The zero-order valence-electron chi connectivity index (χ0n) is 10.9. The van der Waals surface area contributed by atoms with E-state index >= 15 is 0 Å². The molecular formula is C14H20N2O2. The van der Waals surface area contributed by atoms with Crippen molar-refractivity contribution in [1.29, 1.82) is 0 Å². The van der Waals surface area contributed by atoms with Crippen molar-refractivity contribution in [2.45, 2.75) is 26.3 Å². The van der Waals surface area contributed by atoms with E-state index < -0.39 is 0 Å². The van der Waals surface area contributed by atoms with Crippen LogP contribution in [0.25, 0.3) is 0 Å². The third kappa shape index (κ3) is 5.10. The molecule has 0 saturated carbocycles. The molecule has 0 spiro atoms. The summed E-state index contributed by atoms with van der Waals surface area (Å²) in [6.07, 6.45) is 0.623. The highest BCUT2D eigenvalue weighted by atomic mass is 16.2. The molecule has 0 saturated heterocycles. The molecule has 0 radical (unpaired) electrons. The summed E-state index contributed by atoms with van der Waals surface area (Å²) in [7, 11) is 0. The lowest BCUT2D eigenvalue weighted by atomic mass is 10.1. The predicted octanol–water partition coefficient (Wildman–Crippen LogP) is 0.912. The van der Waals surface area contributed by atoms with Crippen LogP contribution in [0.15, 0.2) is 30.3 Å². The Morgan fingerprint density at radius 2 is 1.89 bits per heavy atom. The van der Waals surface area contributed by atoms with Gasteiger partial charge in [0.05, 0.1) is 12.6 Å². The maximum Gasteiger partial charge on any atom is 0.237 e. The van der Waals surface area contributed by atoms with Crippen molar-refractivity contribution in [3.05, 3.63) is 35.9 Å². The summed E-state index contributed by atoms with van der Waals surface area (Å²) in [5.74, 6) is -0.172. The van der Waals surface area contributed by atoms with Gasteiger partial charge in [-0.1, -0.05) is 37.3 Å². The Labute approximate surface area is 108 Å². The number of ketones is 1. The normalized spacial score (nSPS) is 11.9. The number of hydrogen-bond donors (Lipinski definition) is 2. The van der Waals surface area contributed by atoms with E-state index in [0.717, 1.165) is 5.56 Å². The van der Waals surface area contributed by atoms with E-state index in [1.54, 1.807) is 0 Å². The Morgan fingerprint density at radius 1 is 1.22 bits per heavy atom. The van der Waals surface area contributed by atoms with Gasteiger partial charge < -0.3 is 10.6 Å². The first kappa shape index (κ1) is 14.4. The van der Waals surface area contributed by atoms with E-state index in [-0.39, 0.29) is 24.3 Å². The smallest absolute Gasteiger partial charge is 0.237 e. The first-order chi connectivity index (χ1) is 8.63. The Kier molecular flexibility index (Phi) is 6.08. The molecule has 1 aromatic carbocycles. The summed E-state index contributed by atoms with van der Waals surface area (Å²) >= 11 is 0. The Hall–Kier alpha value is -1.68. The standard InChI is InChI=1S/C14H20N2O2/c1-3-15-13(14(18)16-10-11(2)17)9-12-7-5-4-6-8-12/h4-8,13,15H,3,9-10H2,1-2H3,(H,16,18)/t13-/m0/s1. The molecule has 0 bridgehead atoms. The average Bonchev–Trinajstić information content (AvgIpc) is 2.36. The van der Waals surface area contributed by atoms with Gasteiger partial charge in [-0.05, 0) is 25.5 Å². The molecule has 1 aromatic rings. The van der Waals surface area contributed by atoms with Crippen molar-refractivity contribution in [2.75, 3.05) is 13.1 Å². The Morgan fingerprint density at radius 3 is 2.44 bits per heavy atom. The molecule has 0 unspecified atom stereocenters. The summed E-state index contributed by atoms with van der Waals surface area (Å²) in [5, 5.41) is 5.77. The van der Waals surface area contributed by atoms with Gasteiger partial charge in [0.15, 0.2) is 0 Å². The van der Waals surface area contributed by atoms with Crippen LogP contribution in [0.5, 0.6) is 0 Å². The number of carbonyl (C=O) groups is 2.